The van der Waals surface area contributed by atoms with Gasteiger partial charge in [0.05, 0.1) is 11.8 Å². The Morgan fingerprint density at radius 1 is 1.53 bits per heavy atom. The summed E-state index contributed by atoms with van der Waals surface area (Å²) in [6, 6.07) is 0. The summed E-state index contributed by atoms with van der Waals surface area (Å²) >= 11 is 0. The van der Waals surface area contributed by atoms with Gasteiger partial charge in [-0.05, 0) is 33.2 Å². The smallest absolute Gasteiger partial charge is 0.138 e. The van der Waals surface area contributed by atoms with Crippen LogP contribution in [-0.4, -0.2) is 34.4 Å². The van der Waals surface area contributed by atoms with Crippen molar-refractivity contribution < 1.29 is 9.63 Å². The lowest BCUT2D eigenvalue weighted by molar-refractivity contribution is 0.0665. The summed E-state index contributed by atoms with van der Waals surface area (Å²) in [7, 11) is 0. The van der Waals surface area contributed by atoms with Gasteiger partial charge in [0.15, 0.2) is 0 Å². The lowest BCUT2D eigenvalue weighted by Gasteiger charge is -2.29. The average molecular weight is 210 g/mol. The van der Waals surface area contributed by atoms with Crippen LogP contribution < -0.4 is 0 Å². The molecule has 0 spiro atoms. The number of aryl methyl sites for hydroxylation is 2. The van der Waals surface area contributed by atoms with Crippen molar-refractivity contribution in [1.29, 1.82) is 0 Å². The van der Waals surface area contributed by atoms with Crippen molar-refractivity contribution >= 4 is 0 Å². The first-order chi connectivity index (χ1) is 7.16. The van der Waals surface area contributed by atoms with Crippen molar-refractivity contribution in [3.05, 3.63) is 17.0 Å². The first kappa shape index (κ1) is 10.6. The molecule has 84 valence electrons. The molecule has 0 amide bonds. The van der Waals surface area contributed by atoms with E-state index in [1.165, 1.54) is 5.56 Å². The van der Waals surface area contributed by atoms with Crippen molar-refractivity contribution in [3.63, 3.8) is 0 Å². The molecule has 0 aromatic carbocycles. The summed E-state index contributed by atoms with van der Waals surface area (Å²) < 4.78 is 5.12. The Labute approximate surface area is 89.9 Å². The van der Waals surface area contributed by atoms with Gasteiger partial charge in [-0.1, -0.05) is 5.16 Å². The third-order valence-electron chi connectivity index (χ3n) is 3.04. The Morgan fingerprint density at radius 2 is 2.33 bits per heavy atom. The van der Waals surface area contributed by atoms with E-state index in [1.54, 1.807) is 0 Å². The SMILES string of the molecule is Cc1noc(C)c1CN1CCC[C@@H](O)C1. The summed E-state index contributed by atoms with van der Waals surface area (Å²) in [6.07, 6.45) is 1.84. The molecule has 15 heavy (non-hydrogen) atoms. The largest absolute Gasteiger partial charge is 0.392 e. The summed E-state index contributed by atoms with van der Waals surface area (Å²) in [5, 5.41) is 13.5. The van der Waals surface area contributed by atoms with E-state index in [2.05, 4.69) is 10.1 Å². The fourth-order valence-electron chi connectivity index (χ4n) is 2.13. The van der Waals surface area contributed by atoms with Gasteiger partial charge < -0.3 is 9.63 Å². The van der Waals surface area contributed by atoms with Crippen molar-refractivity contribution in [2.24, 2.45) is 0 Å². The molecule has 1 aromatic heterocycles. The van der Waals surface area contributed by atoms with E-state index < -0.39 is 0 Å². The minimum atomic E-state index is -0.167. The number of β-amino-alcohol motifs (C(OH)–C–C–N with tert-alkyl or cyclic N) is 1. The highest BCUT2D eigenvalue weighted by molar-refractivity contribution is 5.20. The molecule has 0 saturated carbocycles. The van der Waals surface area contributed by atoms with Gasteiger partial charge in [-0.25, -0.2) is 0 Å². The molecule has 1 fully saturated rings. The standard InChI is InChI=1S/C11H18N2O2/c1-8-11(9(2)15-12-8)7-13-5-3-4-10(14)6-13/h10,14H,3-7H2,1-2H3/t10-/m1/s1. The zero-order valence-corrected chi connectivity index (χ0v) is 9.36. The van der Waals surface area contributed by atoms with Gasteiger partial charge in [0, 0.05) is 18.7 Å². The van der Waals surface area contributed by atoms with Crippen LogP contribution in [-0.2, 0) is 6.54 Å². The minimum Gasteiger partial charge on any atom is -0.392 e. The average Bonchev–Trinajstić information content (AvgIpc) is 2.50. The number of rotatable bonds is 2. The second-order valence-electron chi connectivity index (χ2n) is 4.33. The van der Waals surface area contributed by atoms with Crippen LogP contribution in [0.3, 0.4) is 0 Å². The Kier molecular flexibility index (Phi) is 3.07. The minimum absolute atomic E-state index is 0.167. The molecular formula is C11H18N2O2. The van der Waals surface area contributed by atoms with Gasteiger partial charge in [-0.15, -0.1) is 0 Å². The Morgan fingerprint density at radius 3 is 2.93 bits per heavy atom. The number of piperidine rings is 1. The van der Waals surface area contributed by atoms with Gasteiger partial charge >= 0.3 is 0 Å². The van der Waals surface area contributed by atoms with Crippen LogP contribution in [0.1, 0.15) is 29.9 Å². The van der Waals surface area contributed by atoms with Crippen LogP contribution in [0.5, 0.6) is 0 Å². The molecule has 0 unspecified atom stereocenters. The summed E-state index contributed by atoms with van der Waals surface area (Å²) in [6.45, 7) is 6.57. The normalized spacial score (nSPS) is 23.3. The lowest BCUT2D eigenvalue weighted by atomic mass is 10.1. The molecular weight excluding hydrogens is 192 g/mol. The molecule has 1 aliphatic rings. The van der Waals surface area contributed by atoms with Gasteiger partial charge in [0.25, 0.3) is 0 Å². The zero-order valence-electron chi connectivity index (χ0n) is 9.36. The highest BCUT2D eigenvalue weighted by atomic mass is 16.5. The molecule has 4 heteroatoms. The van der Waals surface area contributed by atoms with Gasteiger partial charge in [0.2, 0.25) is 0 Å². The second kappa shape index (κ2) is 4.33. The predicted molar refractivity (Wildman–Crippen MR) is 56.5 cm³/mol. The monoisotopic (exact) mass is 210 g/mol. The van der Waals surface area contributed by atoms with Crippen molar-refractivity contribution in [2.45, 2.75) is 39.3 Å². The van der Waals surface area contributed by atoms with E-state index in [4.69, 9.17) is 4.52 Å². The van der Waals surface area contributed by atoms with E-state index in [9.17, 15) is 5.11 Å². The van der Waals surface area contributed by atoms with E-state index in [1.807, 2.05) is 13.8 Å². The number of likely N-dealkylation sites (tertiary alicyclic amines) is 1. The first-order valence-corrected chi connectivity index (χ1v) is 5.49. The maximum Gasteiger partial charge on any atom is 0.138 e. The van der Waals surface area contributed by atoms with Gasteiger partial charge in [-0.2, -0.15) is 0 Å². The Hall–Kier alpha value is -0.870. The number of aliphatic hydroxyl groups excluding tert-OH is 1. The molecule has 2 heterocycles. The molecule has 1 atom stereocenters. The molecule has 2 rings (SSSR count). The summed E-state index contributed by atoms with van der Waals surface area (Å²) in [4.78, 5) is 2.26. The van der Waals surface area contributed by atoms with E-state index in [-0.39, 0.29) is 6.10 Å². The van der Waals surface area contributed by atoms with E-state index in [0.717, 1.165) is 43.9 Å². The van der Waals surface area contributed by atoms with Crippen LogP contribution in [0, 0.1) is 13.8 Å². The quantitative estimate of drug-likeness (QED) is 0.798. The lowest BCUT2D eigenvalue weighted by Crippen LogP contribution is -2.37. The van der Waals surface area contributed by atoms with Crippen LogP contribution in [0.4, 0.5) is 0 Å². The molecule has 1 aromatic rings. The molecule has 4 nitrogen and oxygen atoms in total. The van der Waals surface area contributed by atoms with Crippen molar-refractivity contribution in [1.82, 2.24) is 10.1 Å². The van der Waals surface area contributed by atoms with Crippen LogP contribution in [0.15, 0.2) is 4.52 Å². The van der Waals surface area contributed by atoms with Gasteiger partial charge in [0.1, 0.15) is 5.76 Å². The van der Waals surface area contributed by atoms with E-state index >= 15 is 0 Å². The van der Waals surface area contributed by atoms with E-state index in [0.29, 0.717) is 0 Å². The number of hydrogen-bond acceptors (Lipinski definition) is 4. The molecule has 1 N–H and O–H groups in total. The van der Waals surface area contributed by atoms with Crippen molar-refractivity contribution in [2.75, 3.05) is 13.1 Å². The predicted octanol–water partition coefficient (Wildman–Crippen LogP) is 1.25. The van der Waals surface area contributed by atoms with Crippen LogP contribution in [0.2, 0.25) is 0 Å². The topological polar surface area (TPSA) is 49.5 Å². The Bertz CT molecular complexity index is 316. The second-order valence-corrected chi connectivity index (χ2v) is 4.33. The fraction of sp³-hybridized carbons (Fsp3) is 0.727. The number of aromatic nitrogens is 1. The maximum atomic E-state index is 9.57. The molecule has 1 saturated heterocycles. The van der Waals surface area contributed by atoms with Crippen molar-refractivity contribution in [3.8, 4) is 0 Å². The third kappa shape index (κ3) is 2.38. The van der Waals surface area contributed by atoms with Crippen LogP contribution >= 0.6 is 0 Å². The number of nitrogens with zero attached hydrogens (tertiary/aromatic N) is 2. The zero-order chi connectivity index (χ0) is 10.8. The Balaban J connectivity index is 2.02. The highest BCUT2D eigenvalue weighted by Crippen LogP contribution is 2.18. The van der Waals surface area contributed by atoms with Crippen LogP contribution in [0.25, 0.3) is 0 Å². The molecule has 0 radical (unpaired) electrons. The number of aliphatic hydroxyl groups is 1. The first-order valence-electron chi connectivity index (χ1n) is 5.49. The number of hydrogen-bond donors (Lipinski definition) is 1. The maximum absolute atomic E-state index is 9.57. The third-order valence-corrected chi connectivity index (χ3v) is 3.04. The molecule has 0 aliphatic carbocycles. The highest BCUT2D eigenvalue weighted by Gasteiger charge is 2.20. The summed E-state index contributed by atoms with van der Waals surface area (Å²) in [5.74, 6) is 0.896. The molecule has 1 aliphatic heterocycles. The molecule has 0 bridgehead atoms. The fourth-order valence-corrected chi connectivity index (χ4v) is 2.13. The van der Waals surface area contributed by atoms with Gasteiger partial charge in [-0.3, -0.25) is 4.90 Å². The summed E-state index contributed by atoms with van der Waals surface area (Å²) in [5.41, 5.74) is 2.14.